The van der Waals surface area contributed by atoms with E-state index in [1.165, 1.54) is 11.3 Å². The van der Waals surface area contributed by atoms with Gasteiger partial charge in [0.25, 0.3) is 0 Å². The highest BCUT2D eigenvalue weighted by molar-refractivity contribution is 7.13. The minimum absolute atomic E-state index is 0.259. The molecule has 27 heavy (non-hydrogen) atoms. The van der Waals surface area contributed by atoms with E-state index in [4.69, 9.17) is 4.42 Å². The van der Waals surface area contributed by atoms with E-state index in [-0.39, 0.29) is 12.1 Å². The molecule has 142 valence electrons. The zero-order valence-electron chi connectivity index (χ0n) is 13.5. The second-order valence-electron chi connectivity index (χ2n) is 5.29. The Morgan fingerprint density at radius 3 is 2.33 bits per heavy atom. The van der Waals surface area contributed by atoms with E-state index < -0.39 is 40.7 Å². The normalized spacial score (nSPS) is 10.9. The highest BCUT2D eigenvalue weighted by Crippen LogP contribution is 2.27. The van der Waals surface area contributed by atoms with Crippen LogP contribution in [0.2, 0.25) is 0 Å². The molecule has 3 rings (SSSR count). The van der Waals surface area contributed by atoms with Crippen molar-refractivity contribution in [2.24, 2.45) is 0 Å². The highest BCUT2D eigenvalue weighted by atomic mass is 32.1. The number of carbonyl (C=O) groups excluding carboxylic acids is 1. The van der Waals surface area contributed by atoms with Gasteiger partial charge >= 0.3 is 0 Å². The van der Waals surface area contributed by atoms with Gasteiger partial charge in [0.1, 0.15) is 11.4 Å². The fraction of sp³-hybridized carbons (Fsp3) is 0.125. The Hall–Kier alpha value is -2.95. The Balaban J connectivity index is 1.71. The van der Waals surface area contributed by atoms with E-state index >= 15 is 0 Å². The second-order valence-corrected chi connectivity index (χ2v) is 6.24. The molecule has 0 aliphatic rings. The molecule has 3 aromatic rings. The van der Waals surface area contributed by atoms with Crippen LogP contribution in [0.3, 0.4) is 0 Å². The van der Waals surface area contributed by atoms with Gasteiger partial charge in [-0.3, -0.25) is 15.6 Å². The van der Waals surface area contributed by atoms with E-state index in [0.29, 0.717) is 11.7 Å². The molecule has 0 aliphatic heterocycles. The number of aryl methyl sites for hydroxylation is 1. The smallest absolute Gasteiger partial charge is 0.244 e. The van der Waals surface area contributed by atoms with Crippen LogP contribution in [0.25, 0.3) is 10.8 Å². The van der Waals surface area contributed by atoms with Crippen molar-refractivity contribution in [2.75, 3.05) is 5.43 Å². The van der Waals surface area contributed by atoms with Crippen LogP contribution in [-0.4, -0.2) is 10.9 Å². The van der Waals surface area contributed by atoms with E-state index in [2.05, 4.69) is 4.98 Å². The van der Waals surface area contributed by atoms with Gasteiger partial charge in [0.05, 0.1) is 17.0 Å². The second kappa shape index (κ2) is 7.35. The Kier molecular flexibility index (Phi) is 5.13. The van der Waals surface area contributed by atoms with Crippen molar-refractivity contribution >= 4 is 22.9 Å². The topological polar surface area (TPSA) is 67.2 Å². The van der Waals surface area contributed by atoms with E-state index in [1.807, 2.05) is 10.8 Å². The Labute approximate surface area is 152 Å². The number of hydrogen-bond donors (Lipinski definition) is 2. The molecule has 2 N–H and O–H groups in total. The lowest BCUT2D eigenvalue weighted by atomic mass is 10.2. The summed E-state index contributed by atoms with van der Waals surface area (Å²) in [6.45, 7) is 1.57. The minimum Gasteiger partial charge on any atom is -0.440 e. The standard InChI is InChI=1S/C16H10F5N3O2S/c1-6-7(22-16(26-6)8-3-2-4-27-8)5-9(25)23-24-15-13(20)11(18)10(17)12(19)14(15)21/h2-4,24H,5H2,1H3,(H,23,25). The molecular weight excluding hydrogens is 393 g/mol. The average molecular weight is 403 g/mol. The van der Waals surface area contributed by atoms with Crippen molar-refractivity contribution in [1.82, 2.24) is 10.4 Å². The van der Waals surface area contributed by atoms with Gasteiger partial charge in [-0.15, -0.1) is 11.3 Å². The number of nitrogens with zero attached hydrogens (tertiary/aromatic N) is 1. The van der Waals surface area contributed by atoms with Crippen LogP contribution in [0, 0.1) is 36.0 Å². The molecule has 2 aromatic heterocycles. The number of hydrazine groups is 1. The van der Waals surface area contributed by atoms with Crippen LogP contribution in [-0.2, 0) is 11.2 Å². The maximum atomic E-state index is 13.5. The lowest BCUT2D eigenvalue weighted by molar-refractivity contribution is -0.120. The van der Waals surface area contributed by atoms with Crippen molar-refractivity contribution < 1.29 is 31.2 Å². The SMILES string of the molecule is Cc1oc(-c2cccs2)nc1CC(=O)NNc1c(F)c(F)c(F)c(F)c1F. The number of aromatic nitrogens is 1. The fourth-order valence-electron chi connectivity index (χ4n) is 2.14. The van der Waals surface area contributed by atoms with Gasteiger partial charge in [0.15, 0.2) is 23.3 Å². The summed E-state index contributed by atoms with van der Waals surface area (Å²) < 4.78 is 71.8. The number of oxazole rings is 1. The number of carbonyl (C=O) groups is 1. The Bertz CT molecular complexity index is 975. The number of amides is 1. The van der Waals surface area contributed by atoms with Crippen molar-refractivity contribution in [3.63, 3.8) is 0 Å². The molecule has 0 saturated carbocycles. The summed E-state index contributed by atoms with van der Waals surface area (Å²) in [7, 11) is 0. The lowest BCUT2D eigenvalue weighted by Gasteiger charge is -2.11. The monoisotopic (exact) mass is 403 g/mol. The van der Waals surface area contributed by atoms with Gasteiger partial charge in [-0.1, -0.05) is 6.07 Å². The van der Waals surface area contributed by atoms with Gasteiger partial charge < -0.3 is 4.42 Å². The summed E-state index contributed by atoms with van der Waals surface area (Å²) >= 11 is 1.38. The number of halogens is 5. The highest BCUT2D eigenvalue weighted by Gasteiger charge is 2.26. The van der Waals surface area contributed by atoms with Crippen LogP contribution in [0.1, 0.15) is 11.5 Å². The number of benzene rings is 1. The minimum atomic E-state index is -2.29. The molecule has 0 atom stereocenters. The Morgan fingerprint density at radius 1 is 1.11 bits per heavy atom. The lowest BCUT2D eigenvalue weighted by Crippen LogP contribution is -2.32. The average Bonchev–Trinajstić information content (AvgIpc) is 3.29. The maximum Gasteiger partial charge on any atom is 0.244 e. The molecule has 0 spiro atoms. The van der Waals surface area contributed by atoms with Gasteiger partial charge in [0.2, 0.25) is 17.6 Å². The maximum absolute atomic E-state index is 13.5. The number of hydrogen-bond acceptors (Lipinski definition) is 5. The third-order valence-corrected chi connectivity index (χ3v) is 4.35. The van der Waals surface area contributed by atoms with Gasteiger partial charge in [-0.05, 0) is 18.4 Å². The molecular formula is C16H10F5N3O2S. The molecule has 5 nitrogen and oxygen atoms in total. The first kappa shape index (κ1) is 18.8. The first-order valence-corrected chi connectivity index (χ1v) is 8.24. The summed E-state index contributed by atoms with van der Waals surface area (Å²) in [5.74, 6) is -10.9. The first-order chi connectivity index (χ1) is 12.8. The summed E-state index contributed by atoms with van der Waals surface area (Å²) in [6, 6.07) is 3.56. The van der Waals surface area contributed by atoms with Crippen LogP contribution >= 0.6 is 11.3 Å². The van der Waals surface area contributed by atoms with Crippen LogP contribution in [0.5, 0.6) is 0 Å². The molecule has 0 aliphatic carbocycles. The van der Waals surface area contributed by atoms with E-state index in [1.54, 1.807) is 24.5 Å². The van der Waals surface area contributed by atoms with Crippen molar-refractivity contribution in [1.29, 1.82) is 0 Å². The first-order valence-electron chi connectivity index (χ1n) is 7.36. The zero-order valence-corrected chi connectivity index (χ0v) is 14.3. The van der Waals surface area contributed by atoms with Gasteiger partial charge in [-0.25, -0.2) is 26.9 Å². The quantitative estimate of drug-likeness (QED) is 0.291. The zero-order chi connectivity index (χ0) is 19.7. The molecule has 1 aromatic carbocycles. The summed E-state index contributed by atoms with van der Waals surface area (Å²) in [5, 5.41) is 1.81. The Morgan fingerprint density at radius 2 is 1.74 bits per heavy atom. The number of nitrogens with one attached hydrogen (secondary N) is 2. The van der Waals surface area contributed by atoms with E-state index in [9.17, 15) is 26.7 Å². The molecule has 2 heterocycles. The van der Waals surface area contributed by atoms with Crippen molar-refractivity contribution in [2.45, 2.75) is 13.3 Å². The fourth-order valence-corrected chi connectivity index (χ4v) is 2.79. The van der Waals surface area contributed by atoms with Gasteiger partial charge in [0, 0.05) is 0 Å². The molecule has 0 unspecified atom stereocenters. The molecule has 0 radical (unpaired) electrons. The van der Waals surface area contributed by atoms with Crippen LogP contribution in [0.15, 0.2) is 21.9 Å². The molecule has 0 saturated heterocycles. The largest absolute Gasteiger partial charge is 0.440 e. The molecule has 0 fully saturated rings. The summed E-state index contributed by atoms with van der Waals surface area (Å²) in [6.07, 6.45) is -0.344. The third-order valence-electron chi connectivity index (χ3n) is 3.49. The van der Waals surface area contributed by atoms with Crippen LogP contribution < -0.4 is 10.9 Å². The number of thiophene rings is 1. The third kappa shape index (κ3) is 3.63. The number of rotatable bonds is 5. The molecule has 0 bridgehead atoms. The van der Waals surface area contributed by atoms with E-state index in [0.717, 1.165) is 4.88 Å². The molecule has 11 heteroatoms. The predicted molar refractivity (Wildman–Crippen MR) is 86.3 cm³/mol. The summed E-state index contributed by atoms with van der Waals surface area (Å²) in [4.78, 5) is 16.8. The van der Waals surface area contributed by atoms with Crippen molar-refractivity contribution in [3.8, 4) is 10.8 Å². The summed E-state index contributed by atoms with van der Waals surface area (Å²) in [5.41, 5.74) is 2.48. The number of anilines is 1. The molecule has 1 amide bonds. The van der Waals surface area contributed by atoms with Crippen LogP contribution in [0.4, 0.5) is 27.6 Å². The van der Waals surface area contributed by atoms with Gasteiger partial charge in [-0.2, -0.15) is 0 Å². The predicted octanol–water partition coefficient (Wildman–Crippen LogP) is 4.09. The van der Waals surface area contributed by atoms with Crippen molar-refractivity contribution in [3.05, 3.63) is 58.1 Å².